The molecule has 0 fully saturated rings. The van der Waals surface area contributed by atoms with E-state index in [9.17, 15) is 22.4 Å². The quantitative estimate of drug-likeness (QED) is 0.591. The Labute approximate surface area is 139 Å². The van der Waals surface area contributed by atoms with Crippen LogP contribution in [0, 0.1) is 5.82 Å². The molecule has 0 aliphatic rings. The van der Waals surface area contributed by atoms with E-state index in [1.165, 1.54) is 36.4 Å². The van der Waals surface area contributed by atoms with Gasteiger partial charge in [-0.3, -0.25) is 4.79 Å². The second-order valence-electron chi connectivity index (χ2n) is 5.27. The summed E-state index contributed by atoms with van der Waals surface area (Å²) >= 11 is 0. The average Bonchev–Trinajstić information content (AvgIpc) is 2.52. The number of Topliss-reactive ketones (excluding diaryl/α,β-unsaturated/α-hetero) is 1. The molecule has 0 unspecified atom stereocenters. The minimum atomic E-state index is -3.15. The number of benzene rings is 2. The summed E-state index contributed by atoms with van der Waals surface area (Å²) in [6.07, 6.45) is 1.12. The predicted molar refractivity (Wildman–Crippen MR) is 86.0 cm³/mol. The van der Waals surface area contributed by atoms with E-state index in [4.69, 9.17) is 4.74 Å². The standard InChI is InChI=1S/C17H15FO5S/c1-24(21,22)11-12-2-4-14(5-3-12)17(20)23-10-16(19)13-6-8-15(18)9-7-13/h2-9H,10-11H2,1H3. The molecule has 0 bridgehead atoms. The Morgan fingerprint density at radius 1 is 0.958 bits per heavy atom. The van der Waals surface area contributed by atoms with E-state index in [0.717, 1.165) is 18.4 Å². The third kappa shape index (κ3) is 5.27. The lowest BCUT2D eigenvalue weighted by molar-refractivity contribution is 0.0474. The maximum atomic E-state index is 12.8. The SMILES string of the molecule is CS(=O)(=O)Cc1ccc(C(=O)OCC(=O)c2ccc(F)cc2)cc1. The predicted octanol–water partition coefficient (Wildman–Crippen LogP) is 2.41. The molecule has 0 atom stereocenters. The highest BCUT2D eigenvalue weighted by molar-refractivity contribution is 7.89. The number of sulfone groups is 1. The molecule has 0 N–H and O–H groups in total. The summed E-state index contributed by atoms with van der Waals surface area (Å²) in [6, 6.07) is 10.8. The normalized spacial score (nSPS) is 11.1. The van der Waals surface area contributed by atoms with Gasteiger partial charge in [0.1, 0.15) is 5.82 Å². The van der Waals surface area contributed by atoms with E-state index < -0.39 is 34.0 Å². The first-order valence-electron chi connectivity index (χ1n) is 6.97. The average molecular weight is 350 g/mol. The van der Waals surface area contributed by atoms with Gasteiger partial charge >= 0.3 is 5.97 Å². The van der Waals surface area contributed by atoms with Crippen molar-refractivity contribution in [1.29, 1.82) is 0 Å². The summed E-state index contributed by atoms with van der Waals surface area (Å²) in [5.74, 6) is -1.73. The number of carbonyl (C=O) groups excluding carboxylic acids is 2. The number of carbonyl (C=O) groups is 2. The van der Waals surface area contributed by atoms with Crippen LogP contribution in [0.15, 0.2) is 48.5 Å². The summed E-state index contributed by atoms with van der Waals surface area (Å²) in [7, 11) is -3.15. The molecule has 126 valence electrons. The molecule has 0 spiro atoms. The Morgan fingerprint density at radius 3 is 2.04 bits per heavy atom. The number of esters is 1. The lowest BCUT2D eigenvalue weighted by Gasteiger charge is -2.05. The van der Waals surface area contributed by atoms with Gasteiger partial charge in [-0.25, -0.2) is 17.6 Å². The molecule has 0 saturated heterocycles. The number of rotatable bonds is 6. The van der Waals surface area contributed by atoms with Crippen LogP contribution in [0.4, 0.5) is 4.39 Å². The molecule has 2 aromatic carbocycles. The largest absolute Gasteiger partial charge is 0.454 e. The Balaban J connectivity index is 1.95. The highest BCUT2D eigenvalue weighted by Crippen LogP contribution is 2.10. The second-order valence-corrected chi connectivity index (χ2v) is 7.41. The minimum Gasteiger partial charge on any atom is -0.454 e. The Hall–Kier alpha value is -2.54. The van der Waals surface area contributed by atoms with E-state index in [2.05, 4.69) is 0 Å². The van der Waals surface area contributed by atoms with E-state index in [-0.39, 0.29) is 16.9 Å². The molecule has 0 heterocycles. The Morgan fingerprint density at radius 2 is 1.50 bits per heavy atom. The fourth-order valence-corrected chi connectivity index (χ4v) is 2.77. The third-order valence-corrected chi connectivity index (χ3v) is 3.98. The van der Waals surface area contributed by atoms with E-state index in [1.807, 2.05) is 0 Å². The number of hydrogen-bond donors (Lipinski definition) is 0. The molecular weight excluding hydrogens is 335 g/mol. The molecular formula is C17H15FO5S. The first-order chi connectivity index (χ1) is 11.2. The van der Waals surface area contributed by atoms with Gasteiger partial charge in [0.15, 0.2) is 22.2 Å². The van der Waals surface area contributed by atoms with Crippen LogP contribution in [0.3, 0.4) is 0 Å². The van der Waals surface area contributed by atoms with Gasteiger partial charge in [-0.15, -0.1) is 0 Å². The molecule has 0 radical (unpaired) electrons. The van der Waals surface area contributed by atoms with Crippen molar-refractivity contribution in [3.05, 3.63) is 71.0 Å². The van der Waals surface area contributed by atoms with Gasteiger partial charge in [0.2, 0.25) is 0 Å². The van der Waals surface area contributed by atoms with Gasteiger partial charge in [-0.1, -0.05) is 12.1 Å². The van der Waals surface area contributed by atoms with Crippen molar-refractivity contribution in [2.24, 2.45) is 0 Å². The van der Waals surface area contributed by atoms with Crippen molar-refractivity contribution in [2.75, 3.05) is 12.9 Å². The van der Waals surface area contributed by atoms with Crippen LogP contribution in [0.2, 0.25) is 0 Å². The molecule has 24 heavy (non-hydrogen) atoms. The molecule has 0 aliphatic heterocycles. The zero-order chi connectivity index (χ0) is 17.7. The lowest BCUT2D eigenvalue weighted by atomic mass is 10.1. The van der Waals surface area contributed by atoms with Gasteiger partial charge in [-0.2, -0.15) is 0 Å². The molecule has 0 saturated carbocycles. The zero-order valence-corrected chi connectivity index (χ0v) is 13.7. The van der Waals surface area contributed by atoms with Gasteiger partial charge in [0.25, 0.3) is 0 Å². The van der Waals surface area contributed by atoms with Crippen LogP contribution in [-0.4, -0.2) is 33.0 Å². The minimum absolute atomic E-state index is 0.120. The Bertz CT molecular complexity index is 840. The van der Waals surface area contributed by atoms with Crippen molar-refractivity contribution >= 4 is 21.6 Å². The Kier molecular flexibility index (Phi) is 5.46. The van der Waals surface area contributed by atoms with Crippen LogP contribution in [0.5, 0.6) is 0 Å². The van der Waals surface area contributed by atoms with E-state index >= 15 is 0 Å². The first-order valence-corrected chi connectivity index (χ1v) is 9.03. The van der Waals surface area contributed by atoms with Crippen molar-refractivity contribution in [2.45, 2.75) is 5.75 Å². The molecule has 0 aromatic heterocycles. The topological polar surface area (TPSA) is 77.5 Å². The van der Waals surface area contributed by atoms with E-state index in [0.29, 0.717) is 5.56 Å². The monoisotopic (exact) mass is 350 g/mol. The van der Waals surface area contributed by atoms with Crippen molar-refractivity contribution in [1.82, 2.24) is 0 Å². The number of halogens is 1. The van der Waals surface area contributed by atoms with Gasteiger partial charge in [-0.05, 0) is 42.0 Å². The van der Waals surface area contributed by atoms with Crippen molar-refractivity contribution in [3.8, 4) is 0 Å². The summed E-state index contributed by atoms with van der Waals surface area (Å²) in [5.41, 5.74) is 1.00. The summed E-state index contributed by atoms with van der Waals surface area (Å²) < 4.78 is 40.1. The molecule has 2 rings (SSSR count). The van der Waals surface area contributed by atoms with Crippen LogP contribution in [-0.2, 0) is 20.3 Å². The summed E-state index contributed by atoms with van der Waals surface area (Å²) in [4.78, 5) is 23.7. The molecule has 7 heteroatoms. The zero-order valence-electron chi connectivity index (χ0n) is 12.9. The second kappa shape index (κ2) is 7.35. The van der Waals surface area contributed by atoms with Gasteiger partial charge in [0.05, 0.1) is 11.3 Å². The molecule has 5 nitrogen and oxygen atoms in total. The fraction of sp³-hybridized carbons (Fsp3) is 0.176. The number of ether oxygens (including phenoxy) is 1. The lowest BCUT2D eigenvalue weighted by Crippen LogP contribution is -2.14. The van der Waals surface area contributed by atoms with Crippen LogP contribution in [0.25, 0.3) is 0 Å². The molecule has 0 aliphatic carbocycles. The van der Waals surface area contributed by atoms with Crippen LogP contribution < -0.4 is 0 Å². The fourth-order valence-electron chi connectivity index (χ4n) is 1.97. The first kappa shape index (κ1) is 17.8. The van der Waals surface area contributed by atoms with Crippen LogP contribution >= 0.6 is 0 Å². The van der Waals surface area contributed by atoms with Crippen molar-refractivity contribution < 1.29 is 27.1 Å². The highest BCUT2D eigenvalue weighted by Gasteiger charge is 2.12. The van der Waals surface area contributed by atoms with Gasteiger partial charge < -0.3 is 4.74 Å². The number of hydrogen-bond acceptors (Lipinski definition) is 5. The number of ketones is 1. The van der Waals surface area contributed by atoms with Crippen LogP contribution in [0.1, 0.15) is 26.3 Å². The molecule has 2 aromatic rings. The maximum absolute atomic E-state index is 12.8. The third-order valence-electron chi connectivity index (χ3n) is 3.12. The highest BCUT2D eigenvalue weighted by atomic mass is 32.2. The van der Waals surface area contributed by atoms with Crippen molar-refractivity contribution in [3.63, 3.8) is 0 Å². The maximum Gasteiger partial charge on any atom is 0.338 e. The van der Waals surface area contributed by atoms with E-state index in [1.54, 1.807) is 0 Å². The smallest absolute Gasteiger partial charge is 0.338 e. The summed E-state index contributed by atoms with van der Waals surface area (Å²) in [6.45, 7) is -0.463. The molecule has 0 amide bonds. The van der Waals surface area contributed by atoms with Gasteiger partial charge in [0, 0.05) is 11.8 Å². The summed E-state index contributed by atoms with van der Waals surface area (Å²) in [5, 5.41) is 0.